The molecule has 0 radical (unpaired) electrons. The number of esters is 2. The van der Waals surface area contributed by atoms with E-state index in [1.165, 1.54) is 13.8 Å². The maximum absolute atomic E-state index is 10.9. The Labute approximate surface area is 103 Å². The maximum atomic E-state index is 10.9. The van der Waals surface area contributed by atoms with Crippen molar-refractivity contribution in [1.82, 2.24) is 0 Å². The standard InChI is InChI=1S/C10H15BrO5/c1-5-10(16-7(3)13)8(15-6(2)12)4-9(11)14-5/h5,8-10H,4H2,1-3H3/t5-,8-,9?,10+/m0/s1. The van der Waals surface area contributed by atoms with Crippen LogP contribution in [0.3, 0.4) is 0 Å². The summed E-state index contributed by atoms with van der Waals surface area (Å²) in [6.45, 7) is 4.42. The van der Waals surface area contributed by atoms with Crippen LogP contribution >= 0.6 is 15.9 Å². The molecule has 1 rings (SSSR count). The van der Waals surface area contributed by atoms with Gasteiger partial charge in [0.15, 0.2) is 6.10 Å². The summed E-state index contributed by atoms with van der Waals surface area (Å²) in [5.74, 6) is -0.804. The van der Waals surface area contributed by atoms with Gasteiger partial charge in [-0.3, -0.25) is 9.59 Å². The van der Waals surface area contributed by atoms with E-state index in [0.29, 0.717) is 6.42 Å². The summed E-state index contributed by atoms with van der Waals surface area (Å²) >= 11 is 3.30. The van der Waals surface area contributed by atoms with Crippen LogP contribution < -0.4 is 0 Å². The molecule has 0 aromatic rings. The maximum Gasteiger partial charge on any atom is 0.303 e. The van der Waals surface area contributed by atoms with E-state index in [-0.39, 0.29) is 11.1 Å². The molecule has 0 saturated carbocycles. The monoisotopic (exact) mass is 294 g/mol. The first-order valence-electron chi connectivity index (χ1n) is 5.04. The van der Waals surface area contributed by atoms with Crippen LogP contribution in [0, 0.1) is 0 Å². The Balaban J connectivity index is 2.71. The SMILES string of the molecule is CC(=O)O[C@@H]1[C@H](C)OC(Br)C[C@@H]1OC(C)=O. The van der Waals surface area contributed by atoms with Gasteiger partial charge in [0, 0.05) is 20.3 Å². The predicted molar refractivity (Wildman–Crippen MR) is 59.0 cm³/mol. The molecule has 1 heterocycles. The number of ether oxygens (including phenoxy) is 3. The van der Waals surface area contributed by atoms with E-state index in [1.54, 1.807) is 6.92 Å². The molecule has 5 nitrogen and oxygen atoms in total. The van der Waals surface area contributed by atoms with Gasteiger partial charge in [-0.15, -0.1) is 0 Å². The van der Waals surface area contributed by atoms with Crippen LogP contribution in [-0.4, -0.2) is 35.3 Å². The molecular formula is C10H15BrO5. The number of hydrogen-bond acceptors (Lipinski definition) is 5. The second-order valence-electron chi connectivity index (χ2n) is 3.71. The molecule has 0 aromatic heterocycles. The van der Waals surface area contributed by atoms with Crippen molar-refractivity contribution in [2.75, 3.05) is 0 Å². The number of alkyl halides is 1. The summed E-state index contributed by atoms with van der Waals surface area (Å²) in [4.78, 5) is 21.9. The Morgan fingerprint density at radius 3 is 2.31 bits per heavy atom. The lowest BCUT2D eigenvalue weighted by molar-refractivity contribution is -0.193. The third-order valence-electron chi connectivity index (χ3n) is 2.23. The zero-order chi connectivity index (χ0) is 12.3. The molecule has 92 valence electrons. The second-order valence-corrected chi connectivity index (χ2v) is 4.73. The lowest BCUT2D eigenvalue weighted by Gasteiger charge is -2.37. The molecule has 0 spiro atoms. The van der Waals surface area contributed by atoms with Crippen molar-refractivity contribution in [1.29, 1.82) is 0 Å². The first-order valence-corrected chi connectivity index (χ1v) is 5.95. The highest BCUT2D eigenvalue weighted by Gasteiger charge is 2.39. The molecule has 0 aromatic carbocycles. The Bertz CT molecular complexity index is 280. The minimum atomic E-state index is -0.546. The van der Waals surface area contributed by atoms with E-state index in [4.69, 9.17) is 14.2 Å². The molecule has 0 bridgehead atoms. The van der Waals surface area contributed by atoms with Gasteiger partial charge in [0.1, 0.15) is 11.1 Å². The van der Waals surface area contributed by atoms with E-state index < -0.39 is 24.1 Å². The molecule has 0 aliphatic carbocycles. The fraction of sp³-hybridized carbons (Fsp3) is 0.800. The first kappa shape index (κ1) is 13.4. The zero-order valence-corrected chi connectivity index (χ0v) is 11.0. The largest absolute Gasteiger partial charge is 0.458 e. The Morgan fingerprint density at radius 1 is 1.25 bits per heavy atom. The highest BCUT2D eigenvalue weighted by molar-refractivity contribution is 9.09. The van der Waals surface area contributed by atoms with Gasteiger partial charge < -0.3 is 14.2 Å². The lowest BCUT2D eigenvalue weighted by Crippen LogP contribution is -2.49. The molecule has 1 aliphatic rings. The number of carbonyl (C=O) groups is 2. The molecule has 1 aliphatic heterocycles. The minimum absolute atomic E-state index is 0.196. The van der Waals surface area contributed by atoms with Crippen molar-refractivity contribution >= 4 is 27.9 Å². The van der Waals surface area contributed by atoms with Crippen LogP contribution in [0.2, 0.25) is 0 Å². The van der Waals surface area contributed by atoms with E-state index in [1.807, 2.05) is 0 Å². The average molecular weight is 295 g/mol. The van der Waals surface area contributed by atoms with Crippen molar-refractivity contribution in [3.05, 3.63) is 0 Å². The zero-order valence-electron chi connectivity index (χ0n) is 9.44. The van der Waals surface area contributed by atoms with Gasteiger partial charge in [0.05, 0.1) is 6.10 Å². The summed E-state index contributed by atoms with van der Waals surface area (Å²) in [5, 5.41) is -0.196. The van der Waals surface area contributed by atoms with Gasteiger partial charge in [-0.05, 0) is 6.92 Å². The lowest BCUT2D eigenvalue weighted by atomic mass is 10.0. The van der Waals surface area contributed by atoms with Gasteiger partial charge in [0.25, 0.3) is 0 Å². The van der Waals surface area contributed by atoms with Crippen LogP contribution in [0.5, 0.6) is 0 Å². The summed E-state index contributed by atoms with van der Waals surface area (Å²) < 4.78 is 15.7. The van der Waals surface area contributed by atoms with E-state index in [2.05, 4.69) is 15.9 Å². The Kier molecular flexibility index (Phi) is 4.73. The van der Waals surface area contributed by atoms with Crippen LogP contribution in [0.1, 0.15) is 27.2 Å². The summed E-state index contributed by atoms with van der Waals surface area (Å²) in [7, 11) is 0. The number of rotatable bonds is 2. The van der Waals surface area contributed by atoms with Crippen LogP contribution in [0.15, 0.2) is 0 Å². The molecule has 0 amide bonds. The molecule has 4 atom stereocenters. The molecule has 16 heavy (non-hydrogen) atoms. The molecule has 0 N–H and O–H groups in total. The topological polar surface area (TPSA) is 61.8 Å². The summed E-state index contributed by atoms with van der Waals surface area (Å²) in [6.07, 6.45) is -0.863. The van der Waals surface area contributed by atoms with Crippen LogP contribution in [-0.2, 0) is 23.8 Å². The molecule has 1 unspecified atom stereocenters. The quantitative estimate of drug-likeness (QED) is 0.569. The van der Waals surface area contributed by atoms with Crippen LogP contribution in [0.4, 0.5) is 0 Å². The average Bonchev–Trinajstić information content (AvgIpc) is 2.09. The predicted octanol–water partition coefficient (Wildman–Crippen LogP) is 1.38. The van der Waals surface area contributed by atoms with Crippen LogP contribution in [0.25, 0.3) is 0 Å². The minimum Gasteiger partial charge on any atom is -0.458 e. The smallest absolute Gasteiger partial charge is 0.303 e. The highest BCUT2D eigenvalue weighted by atomic mass is 79.9. The van der Waals surface area contributed by atoms with Gasteiger partial charge in [0.2, 0.25) is 0 Å². The fourth-order valence-corrected chi connectivity index (χ4v) is 2.39. The highest BCUT2D eigenvalue weighted by Crippen LogP contribution is 2.28. The third kappa shape index (κ3) is 3.75. The van der Waals surface area contributed by atoms with E-state index in [0.717, 1.165) is 0 Å². The Morgan fingerprint density at radius 2 is 1.81 bits per heavy atom. The normalized spacial score (nSPS) is 34.2. The molecule has 1 fully saturated rings. The van der Waals surface area contributed by atoms with Crippen molar-refractivity contribution in [3.63, 3.8) is 0 Å². The van der Waals surface area contributed by atoms with Crippen molar-refractivity contribution in [3.8, 4) is 0 Å². The summed E-state index contributed by atoms with van der Waals surface area (Å²) in [5.41, 5.74) is 0. The van der Waals surface area contributed by atoms with Crippen molar-refractivity contribution in [2.24, 2.45) is 0 Å². The number of carbonyl (C=O) groups excluding carboxylic acids is 2. The Hall–Kier alpha value is -0.620. The van der Waals surface area contributed by atoms with Crippen molar-refractivity contribution in [2.45, 2.75) is 50.5 Å². The number of halogens is 1. The molecule has 6 heteroatoms. The molecular weight excluding hydrogens is 280 g/mol. The third-order valence-corrected chi connectivity index (χ3v) is 2.82. The second kappa shape index (κ2) is 5.63. The van der Waals surface area contributed by atoms with Gasteiger partial charge >= 0.3 is 11.9 Å². The number of hydrogen-bond donors (Lipinski definition) is 0. The van der Waals surface area contributed by atoms with E-state index >= 15 is 0 Å². The van der Waals surface area contributed by atoms with Gasteiger partial charge in [-0.25, -0.2) is 0 Å². The van der Waals surface area contributed by atoms with E-state index in [9.17, 15) is 9.59 Å². The van der Waals surface area contributed by atoms with Gasteiger partial charge in [-0.2, -0.15) is 0 Å². The van der Waals surface area contributed by atoms with Gasteiger partial charge in [-0.1, -0.05) is 15.9 Å². The molecule has 1 saturated heterocycles. The summed E-state index contributed by atoms with van der Waals surface area (Å²) in [6, 6.07) is 0. The first-order chi connectivity index (χ1) is 7.40. The van der Waals surface area contributed by atoms with Crippen molar-refractivity contribution < 1.29 is 23.8 Å². The fourth-order valence-electron chi connectivity index (χ4n) is 1.68.